The Morgan fingerprint density at radius 1 is 1.23 bits per heavy atom. The average molecular weight is 315 g/mol. The monoisotopic (exact) mass is 315 g/mol. The Labute approximate surface area is 125 Å². The summed E-state index contributed by atoms with van der Waals surface area (Å²) in [6.07, 6.45) is -3.55. The molecular weight excluding hydrogens is 299 g/mol. The fourth-order valence-corrected chi connectivity index (χ4v) is 2.74. The third kappa shape index (κ3) is 3.99. The van der Waals surface area contributed by atoms with Crippen molar-refractivity contribution in [1.82, 2.24) is 5.32 Å². The van der Waals surface area contributed by atoms with Gasteiger partial charge in [-0.25, -0.2) is 0 Å². The number of nitrogens with one attached hydrogen (secondary N) is 1. The highest BCUT2D eigenvalue weighted by molar-refractivity contribution is 5.79. The predicted octanol–water partition coefficient (Wildman–Crippen LogP) is 2.62. The molecule has 1 saturated carbocycles. The second-order valence-electron chi connectivity index (χ2n) is 5.44. The van der Waals surface area contributed by atoms with E-state index in [2.05, 4.69) is 5.32 Å². The lowest BCUT2D eigenvalue weighted by atomic mass is 10.0. The molecule has 0 spiro atoms. The van der Waals surface area contributed by atoms with Crippen LogP contribution in [0.25, 0.3) is 0 Å². The van der Waals surface area contributed by atoms with E-state index in [0.717, 1.165) is 6.07 Å². The summed E-state index contributed by atoms with van der Waals surface area (Å²) in [5.41, 5.74) is -0.903. The highest BCUT2D eigenvalue weighted by Crippen LogP contribution is 2.32. The number of rotatable bonds is 4. The van der Waals surface area contributed by atoms with Gasteiger partial charge in [0.25, 0.3) is 0 Å². The highest BCUT2D eigenvalue weighted by atomic mass is 19.4. The van der Waals surface area contributed by atoms with Crippen molar-refractivity contribution in [3.05, 3.63) is 35.4 Å². The Hall–Kier alpha value is -2.05. The zero-order chi connectivity index (χ0) is 16.3. The maximum Gasteiger partial charge on any atom is 0.416 e. The number of carboxylic acid groups (broad SMARTS) is 1. The van der Waals surface area contributed by atoms with Crippen molar-refractivity contribution in [3.8, 4) is 0 Å². The van der Waals surface area contributed by atoms with Crippen molar-refractivity contribution >= 4 is 11.9 Å². The number of carbonyl (C=O) groups is 2. The molecule has 0 saturated heterocycles. The van der Waals surface area contributed by atoms with E-state index in [1.54, 1.807) is 0 Å². The van der Waals surface area contributed by atoms with Crippen LogP contribution in [0.4, 0.5) is 13.2 Å². The van der Waals surface area contributed by atoms with Crippen LogP contribution in [-0.2, 0) is 22.2 Å². The van der Waals surface area contributed by atoms with E-state index in [0.29, 0.717) is 19.3 Å². The van der Waals surface area contributed by atoms with Crippen LogP contribution in [-0.4, -0.2) is 23.0 Å². The molecule has 1 aromatic rings. The van der Waals surface area contributed by atoms with E-state index in [-0.39, 0.29) is 18.0 Å². The van der Waals surface area contributed by atoms with Crippen LogP contribution in [0.2, 0.25) is 0 Å². The van der Waals surface area contributed by atoms with Crippen molar-refractivity contribution in [2.45, 2.75) is 37.9 Å². The average Bonchev–Trinajstić information content (AvgIpc) is 2.86. The molecule has 0 aromatic heterocycles. The summed E-state index contributed by atoms with van der Waals surface area (Å²) < 4.78 is 38.5. The second-order valence-corrected chi connectivity index (χ2v) is 5.44. The zero-order valence-electron chi connectivity index (χ0n) is 11.7. The Morgan fingerprint density at radius 3 is 2.50 bits per heavy atom. The first-order valence-corrected chi connectivity index (χ1v) is 6.94. The maximum absolute atomic E-state index is 12.8. The molecule has 0 aliphatic heterocycles. The summed E-state index contributed by atoms with van der Waals surface area (Å²) in [7, 11) is 0. The number of amides is 1. The van der Waals surface area contributed by atoms with Crippen molar-refractivity contribution in [1.29, 1.82) is 0 Å². The summed E-state index contributed by atoms with van der Waals surface area (Å²) >= 11 is 0. The number of alkyl halides is 3. The molecule has 4 nitrogen and oxygen atoms in total. The molecule has 0 unspecified atom stereocenters. The number of aliphatic carboxylic acids is 1. The molecule has 2 atom stereocenters. The van der Waals surface area contributed by atoms with Gasteiger partial charge in [-0.1, -0.05) is 18.2 Å². The Kier molecular flexibility index (Phi) is 4.73. The lowest BCUT2D eigenvalue weighted by molar-refractivity contribution is -0.142. The maximum atomic E-state index is 12.8. The summed E-state index contributed by atoms with van der Waals surface area (Å²) in [6, 6.07) is 4.66. The fourth-order valence-electron chi connectivity index (χ4n) is 2.74. The topological polar surface area (TPSA) is 66.4 Å². The lowest BCUT2D eigenvalue weighted by Crippen LogP contribution is -2.34. The minimum absolute atomic E-state index is 0.0831. The van der Waals surface area contributed by atoms with Crippen molar-refractivity contribution in [2.75, 3.05) is 0 Å². The normalized spacial score (nSPS) is 21.6. The largest absolute Gasteiger partial charge is 0.481 e. The SMILES string of the molecule is O=C(Cc1ccccc1C(F)(F)F)N[C@H]1CC[C@@H](C(=O)O)C1. The van der Waals surface area contributed by atoms with E-state index in [4.69, 9.17) is 5.11 Å². The number of hydrogen-bond acceptors (Lipinski definition) is 2. The van der Waals surface area contributed by atoms with Crippen LogP contribution in [0, 0.1) is 5.92 Å². The molecule has 22 heavy (non-hydrogen) atoms. The molecular formula is C15H16F3NO3. The molecule has 1 aliphatic carbocycles. The smallest absolute Gasteiger partial charge is 0.416 e. The van der Waals surface area contributed by atoms with Gasteiger partial charge in [-0.2, -0.15) is 13.2 Å². The molecule has 0 bridgehead atoms. The van der Waals surface area contributed by atoms with Crippen molar-refractivity contribution in [2.24, 2.45) is 5.92 Å². The summed E-state index contributed by atoms with van der Waals surface area (Å²) in [4.78, 5) is 22.7. The first-order valence-electron chi connectivity index (χ1n) is 6.94. The summed E-state index contributed by atoms with van der Waals surface area (Å²) in [5.74, 6) is -1.92. The Balaban J connectivity index is 1.98. The molecule has 120 valence electrons. The fraction of sp³-hybridized carbons (Fsp3) is 0.467. The van der Waals surface area contributed by atoms with Gasteiger partial charge in [0.15, 0.2) is 0 Å². The number of carbonyl (C=O) groups excluding carboxylic acids is 1. The van der Waals surface area contributed by atoms with E-state index >= 15 is 0 Å². The first kappa shape index (κ1) is 16.3. The molecule has 0 radical (unpaired) electrons. The molecule has 7 heteroatoms. The number of halogens is 3. The van der Waals surface area contributed by atoms with Gasteiger partial charge in [0.2, 0.25) is 5.91 Å². The standard InChI is InChI=1S/C15H16F3NO3/c16-15(17,18)12-4-2-1-3-9(12)8-13(20)19-11-6-5-10(7-11)14(21)22/h1-4,10-11H,5-8H2,(H,19,20)(H,21,22)/t10-,11+/m1/s1. The van der Waals surface area contributed by atoms with E-state index < -0.39 is 29.5 Å². The van der Waals surface area contributed by atoms with E-state index in [1.807, 2.05) is 0 Å². The van der Waals surface area contributed by atoms with Gasteiger partial charge < -0.3 is 10.4 Å². The van der Waals surface area contributed by atoms with Crippen molar-refractivity contribution < 1.29 is 27.9 Å². The summed E-state index contributed by atoms with van der Waals surface area (Å²) in [5, 5.41) is 11.5. The van der Waals surface area contributed by atoms with Crippen molar-refractivity contribution in [3.63, 3.8) is 0 Å². The van der Waals surface area contributed by atoms with Gasteiger partial charge >= 0.3 is 12.1 Å². The Morgan fingerprint density at radius 2 is 1.91 bits per heavy atom. The molecule has 1 aliphatic rings. The van der Waals surface area contributed by atoms with Gasteiger partial charge in [-0.15, -0.1) is 0 Å². The van der Waals surface area contributed by atoms with Gasteiger partial charge in [0.1, 0.15) is 0 Å². The van der Waals surface area contributed by atoms with Gasteiger partial charge in [-0.05, 0) is 30.9 Å². The van der Waals surface area contributed by atoms with Crippen LogP contribution in [0.5, 0.6) is 0 Å². The summed E-state index contributed by atoms with van der Waals surface area (Å²) in [6.45, 7) is 0. The van der Waals surface area contributed by atoms with Crippen LogP contribution >= 0.6 is 0 Å². The zero-order valence-corrected chi connectivity index (χ0v) is 11.7. The molecule has 1 fully saturated rings. The number of hydrogen-bond donors (Lipinski definition) is 2. The van der Waals surface area contributed by atoms with Gasteiger partial charge in [0.05, 0.1) is 17.9 Å². The quantitative estimate of drug-likeness (QED) is 0.897. The van der Waals surface area contributed by atoms with E-state index in [9.17, 15) is 22.8 Å². The minimum atomic E-state index is -4.50. The molecule has 1 aromatic carbocycles. The van der Waals surface area contributed by atoms with Crippen LogP contribution < -0.4 is 5.32 Å². The number of carboxylic acids is 1. The molecule has 2 rings (SSSR count). The minimum Gasteiger partial charge on any atom is -0.481 e. The lowest BCUT2D eigenvalue weighted by Gasteiger charge is -2.15. The molecule has 1 amide bonds. The predicted molar refractivity (Wildman–Crippen MR) is 72.1 cm³/mol. The molecule has 2 N–H and O–H groups in total. The third-order valence-corrected chi connectivity index (χ3v) is 3.82. The Bertz CT molecular complexity index is 571. The van der Waals surface area contributed by atoms with Crippen LogP contribution in [0.15, 0.2) is 24.3 Å². The van der Waals surface area contributed by atoms with Crippen LogP contribution in [0.1, 0.15) is 30.4 Å². The second kappa shape index (κ2) is 6.37. The highest BCUT2D eigenvalue weighted by Gasteiger charge is 2.34. The van der Waals surface area contributed by atoms with Crippen LogP contribution in [0.3, 0.4) is 0 Å². The van der Waals surface area contributed by atoms with Gasteiger partial charge in [-0.3, -0.25) is 9.59 Å². The first-order chi connectivity index (χ1) is 10.3. The van der Waals surface area contributed by atoms with E-state index in [1.165, 1.54) is 18.2 Å². The number of benzene rings is 1. The molecule has 0 heterocycles. The van der Waals surface area contributed by atoms with Gasteiger partial charge in [0, 0.05) is 6.04 Å². The third-order valence-electron chi connectivity index (χ3n) is 3.82.